The van der Waals surface area contributed by atoms with Gasteiger partial charge < -0.3 is 19.3 Å². The molecule has 0 spiro atoms. The zero-order chi connectivity index (χ0) is 14.1. The number of aliphatic hydroxyl groups excluding tert-OH is 1. The molecule has 4 heteroatoms. The lowest BCUT2D eigenvalue weighted by Gasteiger charge is -2.30. The molecule has 1 saturated heterocycles. The SMILES string of the molecule is C[C@@H]1O[C@H](COC(C)(C)C)[C@@H](OC(C)(C)C)[C@H]1O. The fourth-order valence-electron chi connectivity index (χ4n) is 1.94. The first-order chi connectivity index (χ1) is 7.99. The second kappa shape index (κ2) is 5.45. The van der Waals surface area contributed by atoms with Gasteiger partial charge in [0.15, 0.2) is 0 Å². The van der Waals surface area contributed by atoms with Crippen molar-refractivity contribution in [2.24, 2.45) is 0 Å². The van der Waals surface area contributed by atoms with Crippen molar-refractivity contribution in [1.82, 2.24) is 0 Å². The summed E-state index contributed by atoms with van der Waals surface area (Å²) >= 11 is 0. The number of ether oxygens (including phenoxy) is 3. The Hall–Kier alpha value is -0.160. The third kappa shape index (κ3) is 4.84. The van der Waals surface area contributed by atoms with E-state index >= 15 is 0 Å². The molecule has 0 radical (unpaired) electrons. The third-order valence-corrected chi connectivity index (χ3v) is 2.74. The van der Waals surface area contributed by atoms with Crippen LogP contribution in [0.25, 0.3) is 0 Å². The van der Waals surface area contributed by atoms with Gasteiger partial charge in [0.1, 0.15) is 18.3 Å². The summed E-state index contributed by atoms with van der Waals surface area (Å²) in [6, 6.07) is 0. The third-order valence-electron chi connectivity index (χ3n) is 2.74. The predicted molar refractivity (Wildman–Crippen MR) is 70.7 cm³/mol. The Balaban J connectivity index is 2.64. The Labute approximate surface area is 111 Å². The van der Waals surface area contributed by atoms with Crippen molar-refractivity contribution in [3.8, 4) is 0 Å². The molecule has 1 aliphatic heterocycles. The number of rotatable bonds is 3. The van der Waals surface area contributed by atoms with E-state index in [9.17, 15) is 5.11 Å². The van der Waals surface area contributed by atoms with Crippen LogP contribution in [-0.4, -0.2) is 47.3 Å². The quantitative estimate of drug-likeness (QED) is 0.844. The van der Waals surface area contributed by atoms with Gasteiger partial charge in [-0.05, 0) is 48.5 Å². The Morgan fingerprint density at radius 2 is 1.61 bits per heavy atom. The number of hydrogen-bond acceptors (Lipinski definition) is 4. The molecule has 18 heavy (non-hydrogen) atoms. The van der Waals surface area contributed by atoms with Crippen LogP contribution in [0, 0.1) is 0 Å². The van der Waals surface area contributed by atoms with Crippen LogP contribution in [0.15, 0.2) is 0 Å². The molecule has 4 nitrogen and oxygen atoms in total. The van der Waals surface area contributed by atoms with Gasteiger partial charge in [-0.3, -0.25) is 0 Å². The fraction of sp³-hybridized carbons (Fsp3) is 1.00. The van der Waals surface area contributed by atoms with E-state index in [-0.39, 0.29) is 29.5 Å². The normalized spacial score (nSPS) is 34.0. The molecule has 0 aromatic carbocycles. The molecule has 4 atom stereocenters. The van der Waals surface area contributed by atoms with E-state index in [4.69, 9.17) is 14.2 Å². The summed E-state index contributed by atoms with van der Waals surface area (Å²) in [6.07, 6.45) is -1.36. The van der Waals surface area contributed by atoms with Crippen molar-refractivity contribution in [3.63, 3.8) is 0 Å². The van der Waals surface area contributed by atoms with Crippen molar-refractivity contribution >= 4 is 0 Å². The molecule has 0 aromatic heterocycles. The Kier molecular flexibility index (Phi) is 4.81. The zero-order valence-electron chi connectivity index (χ0n) is 12.7. The van der Waals surface area contributed by atoms with Gasteiger partial charge in [0.2, 0.25) is 0 Å². The maximum atomic E-state index is 10.1. The highest BCUT2D eigenvalue weighted by Gasteiger charge is 2.44. The second-order valence-electron chi connectivity index (χ2n) is 6.99. The van der Waals surface area contributed by atoms with Gasteiger partial charge in [0, 0.05) is 0 Å². The van der Waals surface area contributed by atoms with Crippen molar-refractivity contribution in [2.45, 2.75) is 84.1 Å². The van der Waals surface area contributed by atoms with Gasteiger partial charge in [0.25, 0.3) is 0 Å². The monoisotopic (exact) mass is 260 g/mol. The molecule has 0 amide bonds. The first-order valence-corrected chi connectivity index (χ1v) is 6.65. The molecule has 0 saturated carbocycles. The maximum absolute atomic E-state index is 10.1. The molecule has 1 fully saturated rings. The number of aliphatic hydroxyl groups is 1. The summed E-state index contributed by atoms with van der Waals surface area (Å²) < 4.78 is 17.4. The highest BCUT2D eigenvalue weighted by atomic mass is 16.6. The molecule has 0 aromatic rings. The summed E-state index contributed by atoms with van der Waals surface area (Å²) in [6.45, 7) is 14.2. The highest BCUT2D eigenvalue weighted by molar-refractivity contribution is 4.91. The van der Waals surface area contributed by atoms with E-state index in [1.807, 2.05) is 48.5 Å². The zero-order valence-corrected chi connectivity index (χ0v) is 12.7. The lowest BCUT2D eigenvalue weighted by Crippen LogP contribution is -2.42. The summed E-state index contributed by atoms with van der Waals surface area (Å²) in [7, 11) is 0. The summed E-state index contributed by atoms with van der Waals surface area (Å²) in [5, 5.41) is 10.1. The molecule has 108 valence electrons. The minimum absolute atomic E-state index is 0.214. The van der Waals surface area contributed by atoms with Gasteiger partial charge in [-0.1, -0.05) is 0 Å². The van der Waals surface area contributed by atoms with Crippen molar-refractivity contribution in [3.05, 3.63) is 0 Å². The minimum atomic E-state index is -0.599. The Bertz CT molecular complexity index is 264. The Morgan fingerprint density at radius 3 is 2.06 bits per heavy atom. The molecule has 0 aliphatic carbocycles. The van der Waals surface area contributed by atoms with Crippen LogP contribution in [-0.2, 0) is 14.2 Å². The van der Waals surface area contributed by atoms with Crippen LogP contribution in [0.5, 0.6) is 0 Å². The Morgan fingerprint density at radius 1 is 1.06 bits per heavy atom. The van der Waals surface area contributed by atoms with Crippen LogP contribution in [0.4, 0.5) is 0 Å². The molecule has 0 unspecified atom stereocenters. The minimum Gasteiger partial charge on any atom is -0.388 e. The average molecular weight is 260 g/mol. The van der Waals surface area contributed by atoms with Gasteiger partial charge >= 0.3 is 0 Å². The molecule has 0 bridgehead atoms. The van der Waals surface area contributed by atoms with Crippen LogP contribution < -0.4 is 0 Å². The first kappa shape index (κ1) is 15.9. The van der Waals surface area contributed by atoms with Gasteiger partial charge in [-0.15, -0.1) is 0 Å². The highest BCUT2D eigenvalue weighted by Crippen LogP contribution is 2.28. The summed E-state index contributed by atoms with van der Waals surface area (Å²) in [5.74, 6) is 0. The smallest absolute Gasteiger partial charge is 0.115 e. The molecule has 1 N–H and O–H groups in total. The van der Waals surface area contributed by atoms with Crippen LogP contribution in [0.1, 0.15) is 48.5 Å². The first-order valence-electron chi connectivity index (χ1n) is 6.65. The van der Waals surface area contributed by atoms with Crippen LogP contribution in [0.2, 0.25) is 0 Å². The molecule has 1 heterocycles. The standard InChI is InChI=1S/C14H28O4/c1-9-11(15)12(18-14(5,6)7)10(17-9)8-16-13(2,3)4/h9-12,15H,8H2,1-7H3/t9-,10+,11-,12+/m0/s1. The predicted octanol–water partition coefficient (Wildman–Crippen LogP) is 2.13. The van der Waals surface area contributed by atoms with Crippen LogP contribution in [0.3, 0.4) is 0 Å². The van der Waals surface area contributed by atoms with Crippen molar-refractivity contribution in [2.75, 3.05) is 6.61 Å². The van der Waals surface area contributed by atoms with E-state index < -0.39 is 6.10 Å². The van der Waals surface area contributed by atoms with Gasteiger partial charge in [-0.25, -0.2) is 0 Å². The summed E-state index contributed by atoms with van der Waals surface area (Å²) in [4.78, 5) is 0. The average Bonchev–Trinajstić information content (AvgIpc) is 2.39. The van der Waals surface area contributed by atoms with E-state index in [2.05, 4.69) is 0 Å². The summed E-state index contributed by atoms with van der Waals surface area (Å²) in [5.41, 5.74) is -0.522. The molecule has 1 aliphatic rings. The van der Waals surface area contributed by atoms with Crippen LogP contribution >= 0.6 is 0 Å². The molecular formula is C14H28O4. The van der Waals surface area contributed by atoms with Crippen molar-refractivity contribution in [1.29, 1.82) is 0 Å². The van der Waals surface area contributed by atoms with Gasteiger partial charge in [0.05, 0.1) is 23.9 Å². The topological polar surface area (TPSA) is 47.9 Å². The van der Waals surface area contributed by atoms with Crippen molar-refractivity contribution < 1.29 is 19.3 Å². The second-order valence-corrected chi connectivity index (χ2v) is 6.99. The lowest BCUT2D eigenvalue weighted by molar-refractivity contribution is -0.137. The van der Waals surface area contributed by atoms with E-state index in [1.165, 1.54) is 0 Å². The largest absolute Gasteiger partial charge is 0.388 e. The van der Waals surface area contributed by atoms with E-state index in [0.29, 0.717) is 6.61 Å². The van der Waals surface area contributed by atoms with E-state index in [0.717, 1.165) is 0 Å². The molecular weight excluding hydrogens is 232 g/mol. The number of hydrogen-bond donors (Lipinski definition) is 1. The molecule has 1 rings (SSSR count). The lowest BCUT2D eigenvalue weighted by atomic mass is 10.1. The maximum Gasteiger partial charge on any atom is 0.115 e. The van der Waals surface area contributed by atoms with Gasteiger partial charge in [-0.2, -0.15) is 0 Å². The van der Waals surface area contributed by atoms with E-state index in [1.54, 1.807) is 0 Å². The fourth-order valence-corrected chi connectivity index (χ4v) is 1.94.